The number of fused-ring (bicyclic) bond motifs is 1. The summed E-state index contributed by atoms with van der Waals surface area (Å²) in [6.45, 7) is 5.39. The highest BCUT2D eigenvalue weighted by Crippen LogP contribution is 2.43. The number of alkyl halides is 5. The first-order chi connectivity index (χ1) is 13.5. The highest BCUT2D eigenvalue weighted by Gasteiger charge is 2.60. The molecule has 1 unspecified atom stereocenters. The maximum absolute atomic E-state index is 13.9. The van der Waals surface area contributed by atoms with Crippen LogP contribution in [0.25, 0.3) is 5.65 Å². The Morgan fingerprint density at radius 3 is 2.55 bits per heavy atom. The first-order valence-corrected chi connectivity index (χ1v) is 8.60. The number of halogens is 5. The SMILES string of the molecule is CCn1nccc1C(C)NC(=O)c1cc2nc(C)cc(C(F)(F)C(F)(F)F)n2n1. The molecule has 0 aromatic carbocycles. The number of rotatable bonds is 5. The molecule has 0 saturated heterocycles. The molecule has 3 rings (SSSR count). The molecular weight excluding hydrogens is 399 g/mol. The fourth-order valence-corrected chi connectivity index (χ4v) is 2.90. The maximum atomic E-state index is 13.9. The van der Waals surface area contributed by atoms with Crippen molar-refractivity contribution in [3.05, 3.63) is 47.2 Å². The quantitative estimate of drug-likeness (QED) is 0.647. The van der Waals surface area contributed by atoms with E-state index < -0.39 is 29.7 Å². The zero-order chi connectivity index (χ0) is 21.6. The number of aromatic nitrogens is 5. The lowest BCUT2D eigenvalue weighted by Gasteiger charge is -2.20. The largest absolute Gasteiger partial charge is 0.459 e. The van der Waals surface area contributed by atoms with Crippen LogP contribution in [-0.4, -0.2) is 36.5 Å². The van der Waals surface area contributed by atoms with E-state index in [0.717, 1.165) is 6.07 Å². The Morgan fingerprint density at radius 2 is 1.93 bits per heavy atom. The summed E-state index contributed by atoms with van der Waals surface area (Å²) < 4.78 is 68.4. The van der Waals surface area contributed by atoms with E-state index in [4.69, 9.17) is 0 Å². The zero-order valence-corrected chi connectivity index (χ0v) is 15.6. The predicted molar refractivity (Wildman–Crippen MR) is 91.5 cm³/mol. The lowest BCUT2D eigenvalue weighted by molar-refractivity contribution is -0.291. The van der Waals surface area contributed by atoms with E-state index in [2.05, 4.69) is 20.5 Å². The van der Waals surface area contributed by atoms with E-state index >= 15 is 0 Å². The van der Waals surface area contributed by atoms with Crippen LogP contribution < -0.4 is 5.32 Å². The van der Waals surface area contributed by atoms with Gasteiger partial charge in [0.25, 0.3) is 5.91 Å². The molecule has 0 fully saturated rings. The highest BCUT2D eigenvalue weighted by molar-refractivity contribution is 5.93. The van der Waals surface area contributed by atoms with Gasteiger partial charge in [-0.25, -0.2) is 9.50 Å². The van der Waals surface area contributed by atoms with E-state index in [0.29, 0.717) is 22.8 Å². The summed E-state index contributed by atoms with van der Waals surface area (Å²) in [5.41, 5.74) is -1.41. The van der Waals surface area contributed by atoms with Crippen molar-refractivity contribution in [2.24, 2.45) is 0 Å². The minimum absolute atomic E-state index is 0.0662. The van der Waals surface area contributed by atoms with Crippen molar-refractivity contribution in [3.8, 4) is 0 Å². The van der Waals surface area contributed by atoms with Crippen molar-refractivity contribution in [2.75, 3.05) is 0 Å². The number of nitrogens with one attached hydrogen (secondary N) is 1. The molecule has 0 bridgehead atoms. The molecule has 29 heavy (non-hydrogen) atoms. The smallest absolute Gasteiger partial charge is 0.343 e. The van der Waals surface area contributed by atoms with Crippen LogP contribution in [0.15, 0.2) is 24.4 Å². The number of amides is 1. The van der Waals surface area contributed by atoms with Gasteiger partial charge in [-0.05, 0) is 32.9 Å². The molecule has 3 heterocycles. The molecule has 3 aromatic heterocycles. The van der Waals surface area contributed by atoms with Crippen LogP contribution in [0.1, 0.15) is 47.5 Å². The summed E-state index contributed by atoms with van der Waals surface area (Å²) in [6.07, 6.45) is -4.26. The third kappa shape index (κ3) is 3.66. The van der Waals surface area contributed by atoms with Crippen LogP contribution in [0.2, 0.25) is 0 Å². The fourth-order valence-electron chi connectivity index (χ4n) is 2.90. The second-order valence-electron chi connectivity index (χ2n) is 6.42. The van der Waals surface area contributed by atoms with E-state index in [1.165, 1.54) is 6.92 Å². The molecule has 0 saturated carbocycles. The van der Waals surface area contributed by atoms with Crippen molar-refractivity contribution < 1.29 is 26.7 Å². The topological polar surface area (TPSA) is 77.1 Å². The fraction of sp³-hybridized carbons (Fsp3) is 0.412. The lowest BCUT2D eigenvalue weighted by atomic mass is 10.2. The number of carbonyl (C=O) groups excluding carboxylic acids is 1. The van der Waals surface area contributed by atoms with Gasteiger partial charge in [-0.2, -0.15) is 32.1 Å². The highest BCUT2D eigenvalue weighted by atomic mass is 19.4. The molecule has 7 nitrogen and oxygen atoms in total. The van der Waals surface area contributed by atoms with Gasteiger partial charge in [0.1, 0.15) is 5.69 Å². The molecule has 1 N–H and O–H groups in total. The van der Waals surface area contributed by atoms with Crippen molar-refractivity contribution >= 4 is 11.6 Å². The Balaban J connectivity index is 1.97. The molecule has 1 atom stereocenters. The van der Waals surface area contributed by atoms with Crippen LogP contribution in [0.5, 0.6) is 0 Å². The minimum atomic E-state index is -5.82. The number of carbonyl (C=O) groups is 1. The second kappa shape index (κ2) is 7.08. The van der Waals surface area contributed by atoms with E-state index in [1.54, 1.807) is 23.9 Å². The molecule has 12 heteroatoms. The van der Waals surface area contributed by atoms with Crippen molar-refractivity contribution in [1.29, 1.82) is 0 Å². The molecule has 0 aliphatic heterocycles. The van der Waals surface area contributed by atoms with E-state index in [1.807, 2.05) is 6.92 Å². The number of nitrogens with zero attached hydrogens (tertiary/aromatic N) is 5. The van der Waals surface area contributed by atoms with Gasteiger partial charge >= 0.3 is 12.1 Å². The summed E-state index contributed by atoms with van der Waals surface area (Å²) in [5.74, 6) is -5.91. The third-order valence-electron chi connectivity index (χ3n) is 4.31. The summed E-state index contributed by atoms with van der Waals surface area (Å²) in [6, 6.07) is 2.85. The number of hydrogen-bond acceptors (Lipinski definition) is 4. The van der Waals surface area contributed by atoms with Crippen LogP contribution in [0.4, 0.5) is 22.0 Å². The molecule has 0 radical (unpaired) electrons. The van der Waals surface area contributed by atoms with Crippen LogP contribution in [0, 0.1) is 6.92 Å². The standard InChI is InChI=1S/C17H17F5N6O/c1-4-27-12(5-6-23-27)10(3)25-15(29)11-8-14-24-9(2)7-13(28(14)26-11)16(18,19)17(20,21)22/h5-8,10H,4H2,1-3H3,(H,25,29). The van der Waals surface area contributed by atoms with Crippen molar-refractivity contribution in [1.82, 2.24) is 29.7 Å². The first-order valence-electron chi connectivity index (χ1n) is 8.60. The monoisotopic (exact) mass is 416 g/mol. The first kappa shape index (κ1) is 20.7. The lowest BCUT2D eigenvalue weighted by Crippen LogP contribution is -2.36. The number of aryl methyl sites for hydroxylation is 2. The average Bonchev–Trinajstić information content (AvgIpc) is 3.26. The molecule has 0 aliphatic carbocycles. The van der Waals surface area contributed by atoms with Gasteiger partial charge in [-0.1, -0.05) is 0 Å². The summed E-state index contributed by atoms with van der Waals surface area (Å²) >= 11 is 0. The van der Waals surface area contributed by atoms with Gasteiger partial charge in [-0.3, -0.25) is 9.48 Å². The van der Waals surface area contributed by atoms with Crippen LogP contribution in [0.3, 0.4) is 0 Å². The summed E-state index contributed by atoms with van der Waals surface area (Å²) in [7, 11) is 0. The van der Waals surface area contributed by atoms with E-state index in [-0.39, 0.29) is 17.0 Å². The maximum Gasteiger partial charge on any atom is 0.459 e. The summed E-state index contributed by atoms with van der Waals surface area (Å²) in [4.78, 5) is 16.4. The van der Waals surface area contributed by atoms with Crippen molar-refractivity contribution in [3.63, 3.8) is 0 Å². The third-order valence-corrected chi connectivity index (χ3v) is 4.31. The van der Waals surface area contributed by atoms with Gasteiger partial charge in [0.05, 0.1) is 11.7 Å². The molecule has 3 aromatic rings. The molecule has 156 valence electrons. The van der Waals surface area contributed by atoms with Gasteiger partial charge in [0.2, 0.25) is 0 Å². The molecular formula is C17H17F5N6O. The predicted octanol–water partition coefficient (Wildman–Crippen LogP) is 3.40. The minimum Gasteiger partial charge on any atom is -0.343 e. The summed E-state index contributed by atoms with van der Waals surface area (Å²) in [5, 5.41) is 10.4. The normalized spacial score (nSPS) is 13.7. The Bertz CT molecular complexity index is 1050. The van der Waals surface area contributed by atoms with Crippen LogP contribution in [-0.2, 0) is 12.5 Å². The Hall–Kier alpha value is -3.05. The van der Waals surface area contributed by atoms with Gasteiger partial charge < -0.3 is 5.32 Å². The van der Waals surface area contributed by atoms with Gasteiger partial charge in [0.15, 0.2) is 11.3 Å². The Kier molecular flexibility index (Phi) is 5.05. The van der Waals surface area contributed by atoms with Crippen molar-refractivity contribution in [2.45, 2.75) is 45.5 Å². The Labute approximate surface area is 161 Å². The Morgan fingerprint density at radius 1 is 1.24 bits per heavy atom. The van der Waals surface area contributed by atoms with Crippen LogP contribution >= 0.6 is 0 Å². The average molecular weight is 416 g/mol. The second-order valence-corrected chi connectivity index (χ2v) is 6.42. The molecule has 1 amide bonds. The number of hydrogen-bond donors (Lipinski definition) is 1. The zero-order valence-electron chi connectivity index (χ0n) is 15.6. The molecule has 0 aliphatic rings. The van der Waals surface area contributed by atoms with Gasteiger partial charge in [0, 0.05) is 24.5 Å². The van der Waals surface area contributed by atoms with E-state index in [9.17, 15) is 26.7 Å². The van der Waals surface area contributed by atoms with Gasteiger partial charge in [-0.15, -0.1) is 0 Å². The molecule has 0 spiro atoms.